The number of halogens is 1. The third kappa shape index (κ3) is 6.57. The lowest BCUT2D eigenvalue weighted by Gasteiger charge is -2.40. The summed E-state index contributed by atoms with van der Waals surface area (Å²) in [6.07, 6.45) is 3.68. The molecule has 1 unspecified atom stereocenters. The van der Waals surface area contributed by atoms with Gasteiger partial charge in [0.15, 0.2) is 0 Å². The average molecular weight is 641 g/mol. The number of nitrogens with zero attached hydrogens (tertiary/aromatic N) is 2. The standard InChI is InChI=1S/C30H46BrN3O7/c1-8-10-11-22(36)32-15-19(7)40-29(39)23-24-27(37)34(20(16-35)13-17(3)4)26(28(38)33(12-9-2)18(5)6)30(24)14-21(31)25(23)41-30/h8-9,17-21,23-26,35H,1-2,10-16H2,3-7H3,(H,32,36)/t19-,20+,21?,23-,24+,25-,26-,30+/m0/s1. The first-order valence-corrected chi connectivity index (χ1v) is 15.5. The van der Waals surface area contributed by atoms with Crippen molar-refractivity contribution in [1.29, 1.82) is 0 Å². The number of fused-ring (bicyclic) bond motifs is 1. The van der Waals surface area contributed by atoms with Crippen molar-refractivity contribution >= 4 is 39.6 Å². The number of alkyl halides is 1. The van der Waals surface area contributed by atoms with Crippen molar-refractivity contribution in [3.63, 3.8) is 0 Å². The number of esters is 1. The molecule has 10 nitrogen and oxygen atoms in total. The van der Waals surface area contributed by atoms with Crippen molar-refractivity contribution in [2.45, 2.75) is 101 Å². The van der Waals surface area contributed by atoms with Crippen LogP contribution in [-0.2, 0) is 28.7 Å². The maximum absolute atomic E-state index is 14.3. The molecule has 3 aliphatic heterocycles. The van der Waals surface area contributed by atoms with Crippen LogP contribution in [0.2, 0.25) is 0 Å². The SMILES string of the molecule is C=CCCC(=O)NC[C@H](C)OC(=O)[C@@H]1[C@H]2O[C@@]3(CC2Br)[C@H](C(=O)N(CC=C)C(C)C)N([C@@H](CO)CC(C)C)C(=O)[C@@H]13. The van der Waals surface area contributed by atoms with Gasteiger partial charge in [0, 0.05) is 23.8 Å². The fraction of sp³-hybridized carbons (Fsp3) is 0.733. The zero-order valence-corrected chi connectivity index (χ0v) is 26.5. The lowest BCUT2D eigenvalue weighted by Crippen LogP contribution is -2.60. The van der Waals surface area contributed by atoms with Gasteiger partial charge in [-0.15, -0.1) is 13.2 Å². The Morgan fingerprint density at radius 2 is 1.93 bits per heavy atom. The van der Waals surface area contributed by atoms with Crippen LogP contribution in [0.5, 0.6) is 0 Å². The van der Waals surface area contributed by atoms with E-state index in [0.29, 0.717) is 25.7 Å². The number of rotatable bonds is 15. The highest BCUT2D eigenvalue weighted by atomic mass is 79.9. The second kappa shape index (κ2) is 13.8. The zero-order valence-electron chi connectivity index (χ0n) is 24.9. The van der Waals surface area contributed by atoms with E-state index in [9.17, 15) is 24.3 Å². The van der Waals surface area contributed by atoms with Crippen LogP contribution in [0.4, 0.5) is 0 Å². The van der Waals surface area contributed by atoms with Crippen LogP contribution in [0.1, 0.15) is 60.3 Å². The predicted octanol–water partition coefficient (Wildman–Crippen LogP) is 2.58. The molecule has 3 aliphatic rings. The van der Waals surface area contributed by atoms with Crippen LogP contribution < -0.4 is 5.32 Å². The highest BCUT2D eigenvalue weighted by molar-refractivity contribution is 9.09. The van der Waals surface area contributed by atoms with E-state index >= 15 is 0 Å². The monoisotopic (exact) mass is 639 g/mol. The molecule has 2 N–H and O–H groups in total. The smallest absolute Gasteiger partial charge is 0.312 e. The molecule has 11 heteroatoms. The number of allylic oxidation sites excluding steroid dienone is 1. The molecule has 1 spiro atoms. The minimum atomic E-state index is -1.25. The summed E-state index contributed by atoms with van der Waals surface area (Å²) in [4.78, 5) is 57.1. The highest BCUT2D eigenvalue weighted by Crippen LogP contribution is 2.61. The zero-order chi connectivity index (χ0) is 30.6. The summed E-state index contributed by atoms with van der Waals surface area (Å²) in [6, 6.07) is -1.80. The second-order valence-electron chi connectivity index (χ2n) is 12.1. The Bertz CT molecular complexity index is 1020. The van der Waals surface area contributed by atoms with E-state index in [2.05, 4.69) is 34.4 Å². The first kappa shape index (κ1) is 33.3. The summed E-state index contributed by atoms with van der Waals surface area (Å²) >= 11 is 3.66. The van der Waals surface area contributed by atoms with Crippen molar-refractivity contribution < 1.29 is 33.8 Å². The summed E-state index contributed by atoms with van der Waals surface area (Å²) in [5.74, 6) is -3.17. The Kier molecular flexibility index (Phi) is 11.2. The second-order valence-corrected chi connectivity index (χ2v) is 13.3. The van der Waals surface area contributed by atoms with Crippen LogP contribution in [0, 0.1) is 17.8 Å². The molecular formula is C30H46BrN3O7. The number of carbonyl (C=O) groups is 4. The Balaban J connectivity index is 1.96. The van der Waals surface area contributed by atoms with Crippen LogP contribution >= 0.6 is 15.9 Å². The van der Waals surface area contributed by atoms with E-state index in [-0.39, 0.29) is 54.2 Å². The Hall–Kier alpha value is -2.24. The average Bonchev–Trinajstić information content (AvgIpc) is 3.50. The summed E-state index contributed by atoms with van der Waals surface area (Å²) < 4.78 is 12.3. The quantitative estimate of drug-likeness (QED) is 0.160. The molecule has 230 valence electrons. The molecule has 0 radical (unpaired) electrons. The van der Waals surface area contributed by atoms with Crippen molar-refractivity contribution in [1.82, 2.24) is 15.1 Å². The minimum absolute atomic E-state index is 0.126. The summed E-state index contributed by atoms with van der Waals surface area (Å²) in [6.45, 7) is 16.9. The van der Waals surface area contributed by atoms with Gasteiger partial charge in [-0.25, -0.2) is 0 Å². The van der Waals surface area contributed by atoms with Crippen LogP contribution in [-0.4, -0.2) is 99.1 Å². The van der Waals surface area contributed by atoms with Gasteiger partial charge in [-0.3, -0.25) is 19.2 Å². The van der Waals surface area contributed by atoms with E-state index < -0.39 is 47.7 Å². The van der Waals surface area contributed by atoms with Gasteiger partial charge in [0.05, 0.1) is 37.1 Å². The molecule has 0 saturated carbocycles. The number of likely N-dealkylation sites (tertiary alicyclic amines) is 1. The van der Waals surface area contributed by atoms with Crippen molar-refractivity contribution in [2.75, 3.05) is 19.7 Å². The van der Waals surface area contributed by atoms with Gasteiger partial charge in [0.25, 0.3) is 0 Å². The lowest BCUT2D eigenvalue weighted by molar-refractivity contribution is -0.160. The third-order valence-electron chi connectivity index (χ3n) is 8.29. The van der Waals surface area contributed by atoms with Crippen molar-refractivity contribution in [2.24, 2.45) is 17.8 Å². The largest absolute Gasteiger partial charge is 0.460 e. The van der Waals surface area contributed by atoms with Crippen LogP contribution in [0.25, 0.3) is 0 Å². The molecule has 0 aromatic rings. The van der Waals surface area contributed by atoms with Crippen molar-refractivity contribution in [3.05, 3.63) is 25.3 Å². The van der Waals surface area contributed by atoms with Gasteiger partial charge < -0.3 is 29.7 Å². The minimum Gasteiger partial charge on any atom is -0.460 e. The Morgan fingerprint density at radius 3 is 2.49 bits per heavy atom. The van der Waals surface area contributed by atoms with Gasteiger partial charge in [-0.1, -0.05) is 41.9 Å². The first-order chi connectivity index (χ1) is 19.3. The molecule has 2 bridgehead atoms. The number of amides is 3. The number of hydrogen-bond acceptors (Lipinski definition) is 7. The van der Waals surface area contributed by atoms with Crippen LogP contribution in [0.15, 0.2) is 25.3 Å². The molecule has 8 atom stereocenters. The molecule has 0 aromatic carbocycles. The number of aliphatic hydroxyl groups excluding tert-OH is 1. The maximum atomic E-state index is 14.3. The van der Waals surface area contributed by atoms with E-state index in [1.54, 1.807) is 24.0 Å². The fourth-order valence-electron chi connectivity index (χ4n) is 6.58. The maximum Gasteiger partial charge on any atom is 0.312 e. The lowest BCUT2D eigenvalue weighted by atomic mass is 9.70. The van der Waals surface area contributed by atoms with E-state index in [4.69, 9.17) is 9.47 Å². The number of hydrogen-bond donors (Lipinski definition) is 2. The van der Waals surface area contributed by atoms with Gasteiger partial charge in [0.2, 0.25) is 17.7 Å². The molecule has 0 aliphatic carbocycles. The van der Waals surface area contributed by atoms with Gasteiger partial charge in [0.1, 0.15) is 17.7 Å². The number of carbonyl (C=O) groups excluding carboxylic acids is 4. The molecular weight excluding hydrogens is 594 g/mol. The summed E-state index contributed by atoms with van der Waals surface area (Å²) in [7, 11) is 0. The first-order valence-electron chi connectivity index (χ1n) is 14.6. The topological polar surface area (TPSA) is 125 Å². The molecule has 3 saturated heterocycles. The van der Waals surface area contributed by atoms with Gasteiger partial charge >= 0.3 is 5.97 Å². The van der Waals surface area contributed by atoms with E-state index in [1.165, 1.54) is 4.90 Å². The molecule has 3 rings (SSSR count). The van der Waals surface area contributed by atoms with Crippen molar-refractivity contribution in [3.8, 4) is 0 Å². The Labute approximate surface area is 252 Å². The number of aliphatic hydroxyl groups is 1. The normalized spacial score (nSPS) is 29.8. The molecule has 3 fully saturated rings. The van der Waals surface area contributed by atoms with Crippen LogP contribution in [0.3, 0.4) is 0 Å². The Morgan fingerprint density at radius 1 is 1.24 bits per heavy atom. The van der Waals surface area contributed by atoms with Gasteiger partial charge in [-0.2, -0.15) is 0 Å². The fourth-order valence-corrected chi connectivity index (χ4v) is 7.52. The van der Waals surface area contributed by atoms with Gasteiger partial charge in [-0.05, 0) is 46.0 Å². The summed E-state index contributed by atoms with van der Waals surface area (Å²) in [5, 5.41) is 13.2. The summed E-state index contributed by atoms with van der Waals surface area (Å²) in [5.41, 5.74) is -1.25. The van der Waals surface area contributed by atoms with E-state index in [1.807, 2.05) is 27.7 Å². The van der Waals surface area contributed by atoms with E-state index in [0.717, 1.165) is 0 Å². The number of nitrogens with one attached hydrogen (secondary N) is 1. The highest BCUT2D eigenvalue weighted by Gasteiger charge is 2.77. The molecule has 0 aromatic heterocycles. The predicted molar refractivity (Wildman–Crippen MR) is 158 cm³/mol. The third-order valence-corrected chi connectivity index (χ3v) is 9.14. The molecule has 41 heavy (non-hydrogen) atoms. The molecule has 3 heterocycles. The molecule has 3 amide bonds. The number of ether oxygens (including phenoxy) is 2.